The van der Waals surface area contributed by atoms with E-state index in [4.69, 9.17) is 5.73 Å². The first-order valence-corrected chi connectivity index (χ1v) is 10.5. The van der Waals surface area contributed by atoms with Crippen molar-refractivity contribution in [3.63, 3.8) is 0 Å². The Labute approximate surface area is 182 Å². The number of nitrogens with zero attached hydrogens (tertiary/aromatic N) is 1. The lowest BCUT2D eigenvalue weighted by Gasteiger charge is -2.42. The maximum absolute atomic E-state index is 13.4. The number of anilines is 1. The summed E-state index contributed by atoms with van der Waals surface area (Å²) in [6.45, 7) is 4.06. The van der Waals surface area contributed by atoms with Crippen LogP contribution in [0.15, 0.2) is 71.9 Å². The Hall–Kier alpha value is -3.47. The minimum atomic E-state index is -0.599. The summed E-state index contributed by atoms with van der Waals surface area (Å²) in [5.74, 6) is -0.968. The molecule has 2 N–H and O–H groups in total. The Balaban J connectivity index is 1.85. The normalized spacial score (nSPS) is 20.8. The standard InChI is InChI=1S/C26H26N2O3/c1-26(2)15-21-24(22(29)16-26)18(13-12-17-8-4-3-5-9-17)14-23(30)28(21)20-11-7-6-10-19(20)25(27)31/h3-13,18H,14-16H2,1-2H3,(H2,27,31)/b13-12+. The van der Waals surface area contributed by atoms with Gasteiger partial charge in [0, 0.05) is 30.0 Å². The van der Waals surface area contributed by atoms with E-state index in [1.165, 1.54) is 0 Å². The van der Waals surface area contributed by atoms with Crippen molar-refractivity contribution in [3.05, 3.63) is 83.1 Å². The van der Waals surface area contributed by atoms with E-state index < -0.39 is 5.91 Å². The molecule has 1 atom stereocenters. The molecule has 1 aliphatic heterocycles. The van der Waals surface area contributed by atoms with Gasteiger partial charge in [-0.25, -0.2) is 0 Å². The van der Waals surface area contributed by atoms with E-state index in [0.717, 1.165) is 5.56 Å². The molecule has 5 heteroatoms. The van der Waals surface area contributed by atoms with Crippen molar-refractivity contribution in [2.75, 3.05) is 4.90 Å². The van der Waals surface area contributed by atoms with Gasteiger partial charge >= 0.3 is 0 Å². The maximum Gasteiger partial charge on any atom is 0.250 e. The highest BCUT2D eigenvalue weighted by atomic mass is 16.2. The van der Waals surface area contributed by atoms with Crippen LogP contribution < -0.4 is 10.6 Å². The van der Waals surface area contributed by atoms with E-state index in [9.17, 15) is 14.4 Å². The second-order valence-corrected chi connectivity index (χ2v) is 8.99. The number of hydrogen-bond donors (Lipinski definition) is 1. The average Bonchev–Trinajstić information content (AvgIpc) is 2.71. The van der Waals surface area contributed by atoms with E-state index in [0.29, 0.717) is 29.8 Å². The van der Waals surface area contributed by atoms with Crippen molar-refractivity contribution in [3.8, 4) is 0 Å². The van der Waals surface area contributed by atoms with Crippen molar-refractivity contribution in [2.45, 2.75) is 33.1 Å². The molecule has 0 spiro atoms. The lowest BCUT2D eigenvalue weighted by atomic mass is 9.70. The van der Waals surface area contributed by atoms with Gasteiger partial charge in [0.25, 0.3) is 5.91 Å². The zero-order valence-electron chi connectivity index (χ0n) is 17.8. The number of amides is 2. The Morgan fingerprint density at radius 2 is 1.71 bits per heavy atom. The first-order valence-electron chi connectivity index (χ1n) is 10.5. The van der Waals surface area contributed by atoms with Gasteiger partial charge in [0.1, 0.15) is 0 Å². The van der Waals surface area contributed by atoms with Crippen LogP contribution in [0.1, 0.15) is 49.0 Å². The van der Waals surface area contributed by atoms with E-state index in [1.54, 1.807) is 29.2 Å². The maximum atomic E-state index is 13.4. The molecule has 0 radical (unpaired) electrons. The van der Waals surface area contributed by atoms with Crippen LogP contribution >= 0.6 is 0 Å². The second-order valence-electron chi connectivity index (χ2n) is 8.99. The number of Topliss-reactive ketones (excluding diaryl/α,β-unsaturated/α-hetero) is 1. The third kappa shape index (κ3) is 4.08. The number of rotatable bonds is 4. The number of nitrogens with two attached hydrogens (primary N) is 1. The summed E-state index contributed by atoms with van der Waals surface area (Å²) in [5.41, 5.74) is 8.41. The van der Waals surface area contributed by atoms with Crippen LogP contribution in [0.5, 0.6) is 0 Å². The highest BCUT2D eigenvalue weighted by Crippen LogP contribution is 2.46. The highest BCUT2D eigenvalue weighted by Gasteiger charge is 2.43. The van der Waals surface area contributed by atoms with Gasteiger partial charge in [-0.1, -0.05) is 68.5 Å². The number of primary amides is 1. The fourth-order valence-electron chi connectivity index (χ4n) is 4.57. The van der Waals surface area contributed by atoms with Gasteiger partial charge in [0.2, 0.25) is 5.91 Å². The smallest absolute Gasteiger partial charge is 0.250 e. The summed E-state index contributed by atoms with van der Waals surface area (Å²) in [6.07, 6.45) is 5.09. The molecule has 1 heterocycles. The molecule has 5 nitrogen and oxygen atoms in total. The molecule has 0 fully saturated rings. The molecule has 31 heavy (non-hydrogen) atoms. The Morgan fingerprint density at radius 3 is 2.42 bits per heavy atom. The summed E-state index contributed by atoms with van der Waals surface area (Å²) in [6, 6.07) is 16.6. The summed E-state index contributed by atoms with van der Waals surface area (Å²) in [4.78, 5) is 40.2. The van der Waals surface area contributed by atoms with Gasteiger partial charge in [0.05, 0.1) is 11.3 Å². The first-order chi connectivity index (χ1) is 14.8. The van der Waals surface area contributed by atoms with Crippen molar-refractivity contribution >= 4 is 29.4 Å². The van der Waals surface area contributed by atoms with Crippen molar-refractivity contribution in [1.29, 1.82) is 0 Å². The molecule has 2 aromatic carbocycles. The number of carbonyl (C=O) groups is 3. The number of hydrogen-bond acceptors (Lipinski definition) is 3. The Morgan fingerprint density at radius 1 is 1.03 bits per heavy atom. The summed E-state index contributed by atoms with van der Waals surface area (Å²) in [7, 11) is 0. The molecule has 1 aliphatic carbocycles. The van der Waals surface area contributed by atoms with E-state index in [2.05, 4.69) is 0 Å². The molecule has 0 saturated heterocycles. The average molecular weight is 415 g/mol. The molecule has 2 amide bonds. The Kier molecular flexibility index (Phi) is 5.36. The summed E-state index contributed by atoms with van der Waals surface area (Å²) in [5, 5.41) is 0. The quantitative estimate of drug-likeness (QED) is 0.800. The molecule has 0 aromatic heterocycles. The van der Waals surface area contributed by atoms with Gasteiger partial charge in [0.15, 0.2) is 5.78 Å². The third-order valence-corrected chi connectivity index (χ3v) is 5.91. The molecule has 4 rings (SSSR count). The highest BCUT2D eigenvalue weighted by molar-refractivity contribution is 6.10. The van der Waals surface area contributed by atoms with Crippen molar-refractivity contribution in [1.82, 2.24) is 0 Å². The first kappa shape index (κ1) is 20.8. The van der Waals surface area contributed by atoms with Gasteiger partial charge in [-0.15, -0.1) is 0 Å². The fourth-order valence-corrected chi connectivity index (χ4v) is 4.57. The third-order valence-electron chi connectivity index (χ3n) is 5.91. The summed E-state index contributed by atoms with van der Waals surface area (Å²) < 4.78 is 0. The zero-order valence-corrected chi connectivity index (χ0v) is 17.8. The lowest BCUT2D eigenvalue weighted by Crippen LogP contribution is -2.44. The Bertz CT molecular complexity index is 1110. The van der Waals surface area contributed by atoms with E-state index in [1.807, 2.05) is 56.3 Å². The van der Waals surface area contributed by atoms with Crippen LogP contribution in [0.3, 0.4) is 0 Å². The molecular formula is C26H26N2O3. The SMILES string of the molecule is CC1(C)CC(=O)C2=C(C1)N(c1ccccc1C(N)=O)C(=O)CC2/C=C/c1ccccc1. The van der Waals surface area contributed by atoms with Gasteiger partial charge < -0.3 is 5.73 Å². The number of allylic oxidation sites excluding steroid dienone is 3. The van der Waals surface area contributed by atoms with E-state index in [-0.39, 0.29) is 35.0 Å². The minimum Gasteiger partial charge on any atom is -0.366 e. The van der Waals surface area contributed by atoms with Gasteiger partial charge in [-0.3, -0.25) is 19.3 Å². The van der Waals surface area contributed by atoms with Crippen LogP contribution in [0.2, 0.25) is 0 Å². The van der Waals surface area contributed by atoms with Crippen molar-refractivity contribution < 1.29 is 14.4 Å². The number of ketones is 1. The molecule has 2 aliphatic rings. The molecule has 1 unspecified atom stereocenters. The van der Waals surface area contributed by atoms with Crippen LogP contribution in [-0.4, -0.2) is 17.6 Å². The van der Waals surface area contributed by atoms with Crippen molar-refractivity contribution in [2.24, 2.45) is 17.1 Å². The molecule has 158 valence electrons. The van der Waals surface area contributed by atoms with Gasteiger partial charge in [-0.2, -0.15) is 0 Å². The largest absolute Gasteiger partial charge is 0.366 e. The molecule has 2 aromatic rings. The van der Waals surface area contributed by atoms with Crippen LogP contribution in [-0.2, 0) is 9.59 Å². The predicted molar refractivity (Wildman–Crippen MR) is 121 cm³/mol. The summed E-state index contributed by atoms with van der Waals surface area (Å²) >= 11 is 0. The second kappa shape index (κ2) is 7.99. The monoisotopic (exact) mass is 414 g/mol. The lowest BCUT2D eigenvalue weighted by molar-refractivity contribution is -0.121. The van der Waals surface area contributed by atoms with Crippen LogP contribution in [0.4, 0.5) is 5.69 Å². The van der Waals surface area contributed by atoms with E-state index >= 15 is 0 Å². The number of carbonyl (C=O) groups excluding carboxylic acids is 3. The minimum absolute atomic E-state index is 0.0583. The van der Waals surface area contributed by atoms with Gasteiger partial charge in [-0.05, 0) is 29.5 Å². The number of para-hydroxylation sites is 1. The molecular weight excluding hydrogens is 388 g/mol. The topological polar surface area (TPSA) is 80.5 Å². The predicted octanol–water partition coefficient (Wildman–Crippen LogP) is 4.50. The van der Waals surface area contributed by atoms with Crippen LogP contribution in [0, 0.1) is 11.3 Å². The molecule has 0 bridgehead atoms. The zero-order chi connectivity index (χ0) is 22.2. The number of benzene rings is 2. The van der Waals surface area contributed by atoms with Crippen LogP contribution in [0.25, 0.3) is 6.08 Å². The fraction of sp³-hybridized carbons (Fsp3) is 0.269. The molecule has 0 saturated carbocycles.